The van der Waals surface area contributed by atoms with Gasteiger partial charge in [-0.25, -0.2) is 4.57 Å². The van der Waals surface area contributed by atoms with Crippen LogP contribution in [0.15, 0.2) is 59.1 Å². The zero-order valence-electron chi connectivity index (χ0n) is 13.9. The van der Waals surface area contributed by atoms with Gasteiger partial charge in [-0.15, -0.1) is 0 Å². The second-order valence-corrected chi connectivity index (χ2v) is 9.23. The van der Waals surface area contributed by atoms with E-state index in [4.69, 9.17) is 4.89 Å². The van der Waals surface area contributed by atoms with Crippen LogP contribution in [-0.4, -0.2) is 16.0 Å². The van der Waals surface area contributed by atoms with Crippen molar-refractivity contribution < 1.29 is 22.8 Å². The molecule has 2 aromatic carbocycles. The number of pyridine rings is 1. The van der Waals surface area contributed by atoms with Crippen LogP contribution in [0.4, 0.5) is 8.78 Å². The summed E-state index contributed by atoms with van der Waals surface area (Å²) in [6.45, 7) is 0. The lowest BCUT2D eigenvalue weighted by Crippen LogP contribution is -2.01. The van der Waals surface area contributed by atoms with Gasteiger partial charge in [0.25, 0.3) is 0 Å². The third-order valence-corrected chi connectivity index (χ3v) is 6.26. The number of hydrogen-bond acceptors (Lipinski definition) is 4. The van der Waals surface area contributed by atoms with Gasteiger partial charge in [0, 0.05) is 16.9 Å². The Balaban J connectivity index is 1.61. The van der Waals surface area contributed by atoms with Crippen LogP contribution in [0, 0.1) is 0 Å². The zero-order chi connectivity index (χ0) is 19.4. The summed E-state index contributed by atoms with van der Waals surface area (Å²) < 4.78 is 41.1. The summed E-state index contributed by atoms with van der Waals surface area (Å²) in [5.41, 5.74) is 2.84. The van der Waals surface area contributed by atoms with Crippen molar-refractivity contribution in [3.8, 4) is 5.75 Å². The third-order valence-electron chi connectivity index (χ3n) is 3.65. The molecule has 1 N–H and O–H groups in total. The molecule has 27 heavy (non-hydrogen) atoms. The van der Waals surface area contributed by atoms with Gasteiger partial charge in [-0.2, -0.15) is 20.5 Å². The van der Waals surface area contributed by atoms with Crippen molar-refractivity contribution in [2.24, 2.45) is 0 Å². The normalized spacial score (nSPS) is 13.7. The Bertz CT molecular complexity index is 1010. The average Bonchev–Trinajstić information content (AvgIpc) is 2.63. The van der Waals surface area contributed by atoms with Gasteiger partial charge in [-0.1, -0.05) is 30.3 Å². The number of hydrogen-bond donors (Lipinski definition) is 1. The highest BCUT2D eigenvalue weighted by Gasteiger charge is 2.34. The molecule has 0 aliphatic heterocycles. The summed E-state index contributed by atoms with van der Waals surface area (Å²) >= 11 is 4.84. The van der Waals surface area contributed by atoms with Crippen LogP contribution in [0.2, 0.25) is 0 Å². The number of alkyl halides is 2. The van der Waals surface area contributed by atoms with E-state index < -0.39 is 13.8 Å². The largest absolute Gasteiger partial charge is 0.442 e. The van der Waals surface area contributed by atoms with Crippen LogP contribution in [0.3, 0.4) is 0 Å². The number of benzene rings is 2. The lowest BCUT2D eigenvalue weighted by molar-refractivity contribution is 0.188. The summed E-state index contributed by atoms with van der Waals surface area (Å²) in [6.07, 6.45) is -3.45. The van der Waals surface area contributed by atoms with E-state index in [1.165, 1.54) is 6.07 Å². The quantitative estimate of drug-likeness (QED) is 0.413. The van der Waals surface area contributed by atoms with Crippen LogP contribution < -0.4 is 4.52 Å². The number of halogens is 3. The zero-order valence-corrected chi connectivity index (χ0v) is 17.2. The summed E-state index contributed by atoms with van der Waals surface area (Å²) in [4.78, 5) is 13.7. The van der Waals surface area contributed by atoms with E-state index in [-0.39, 0.29) is 5.75 Å². The topological polar surface area (TPSA) is 59.4 Å². The van der Waals surface area contributed by atoms with E-state index in [9.17, 15) is 13.3 Å². The molecule has 0 bridgehead atoms. The molecule has 0 aliphatic rings. The number of thioether (sulfide) groups is 1. The van der Waals surface area contributed by atoms with Gasteiger partial charge in [-0.05, 0) is 45.8 Å². The van der Waals surface area contributed by atoms with Gasteiger partial charge in [0.1, 0.15) is 5.75 Å². The first kappa shape index (κ1) is 20.3. The van der Waals surface area contributed by atoms with Gasteiger partial charge >= 0.3 is 13.8 Å². The van der Waals surface area contributed by atoms with E-state index >= 15 is 0 Å². The predicted octanol–water partition coefficient (Wildman–Crippen LogP) is 6.22. The Morgan fingerprint density at radius 3 is 2.67 bits per heavy atom. The summed E-state index contributed by atoms with van der Waals surface area (Å²) in [6, 6.07) is 16.7. The highest BCUT2D eigenvalue weighted by Crippen LogP contribution is 2.50. The van der Waals surface area contributed by atoms with E-state index in [0.29, 0.717) is 10.2 Å². The van der Waals surface area contributed by atoms with Crippen LogP contribution in [0.1, 0.15) is 11.3 Å². The Labute approximate surface area is 167 Å². The molecule has 0 amide bonds. The molecule has 9 heteroatoms. The molecule has 0 saturated carbocycles. The number of aromatic nitrogens is 1. The van der Waals surface area contributed by atoms with Gasteiger partial charge in [0.15, 0.2) is 0 Å². The van der Waals surface area contributed by atoms with Crippen LogP contribution in [0.25, 0.3) is 10.9 Å². The molecular formula is C18H15BrF2NO3PS. The van der Waals surface area contributed by atoms with E-state index in [2.05, 4.69) is 25.4 Å². The third kappa shape index (κ3) is 5.29. The molecule has 0 saturated heterocycles. The summed E-state index contributed by atoms with van der Waals surface area (Å²) in [7, 11) is -4.99. The van der Waals surface area contributed by atoms with E-state index in [1.54, 1.807) is 23.9 Å². The molecule has 0 radical (unpaired) electrons. The maximum absolute atomic E-state index is 12.5. The first-order chi connectivity index (χ1) is 12.8. The second kappa shape index (κ2) is 8.69. The average molecular weight is 474 g/mol. The number of nitrogens with zero attached hydrogens (tertiary/aromatic N) is 1. The highest BCUT2D eigenvalue weighted by atomic mass is 79.9. The van der Waals surface area contributed by atoms with Crippen molar-refractivity contribution in [3.05, 3.63) is 70.3 Å². The van der Waals surface area contributed by atoms with Crippen LogP contribution in [0.5, 0.6) is 5.75 Å². The molecule has 1 atom stereocenters. The maximum Gasteiger partial charge on any atom is 0.442 e. The maximum atomic E-state index is 12.5. The van der Waals surface area contributed by atoms with Crippen LogP contribution >= 0.6 is 35.3 Å². The molecular weight excluding hydrogens is 459 g/mol. The second-order valence-electron chi connectivity index (χ2n) is 5.69. The fourth-order valence-electron chi connectivity index (χ4n) is 2.35. The van der Waals surface area contributed by atoms with Crippen molar-refractivity contribution in [2.75, 3.05) is 0 Å². The summed E-state index contributed by atoms with van der Waals surface area (Å²) in [5.74, 6) is 1.29. The molecule has 3 aromatic rings. The summed E-state index contributed by atoms with van der Waals surface area (Å²) in [5, 5.41) is 1.09. The van der Waals surface area contributed by atoms with Crippen molar-refractivity contribution in [3.63, 3.8) is 0 Å². The molecule has 0 fully saturated rings. The Kier molecular flexibility index (Phi) is 6.52. The Morgan fingerprint density at radius 2 is 1.93 bits per heavy atom. The molecule has 142 valence electrons. The number of rotatable bonds is 7. The monoisotopic (exact) mass is 473 g/mol. The van der Waals surface area contributed by atoms with Gasteiger partial charge in [-0.3, -0.25) is 4.98 Å². The first-order valence-electron chi connectivity index (χ1n) is 7.86. The Hall–Kier alpha value is -1.47. The van der Waals surface area contributed by atoms with Gasteiger partial charge in [0.05, 0.1) is 15.7 Å². The fraction of sp³-hybridized carbons (Fsp3) is 0.167. The molecule has 0 aliphatic carbocycles. The molecule has 1 unspecified atom stereocenters. The standard InChI is InChI=1S/C18H15BrF2NO3PS/c19-15-9-12(5-8-17(15)25-26(23,24)18(20)21)10-27-11-14-7-6-13-3-1-2-4-16(13)22-14/h1-9,18H,10-11H2,(H,23,24). The molecule has 1 aromatic heterocycles. The first-order valence-corrected chi connectivity index (χ1v) is 11.5. The minimum atomic E-state index is -4.99. The predicted molar refractivity (Wildman–Crippen MR) is 107 cm³/mol. The Morgan fingerprint density at radius 1 is 1.15 bits per heavy atom. The number of fused-ring (bicyclic) bond motifs is 1. The van der Waals surface area contributed by atoms with Gasteiger partial charge < -0.3 is 9.42 Å². The molecule has 4 nitrogen and oxygen atoms in total. The van der Waals surface area contributed by atoms with Gasteiger partial charge in [0.2, 0.25) is 0 Å². The fourth-order valence-corrected chi connectivity index (χ4v) is 4.39. The highest BCUT2D eigenvalue weighted by molar-refractivity contribution is 9.10. The van der Waals surface area contributed by atoms with Crippen molar-refractivity contribution >= 4 is 46.2 Å². The number of para-hydroxylation sites is 1. The SMILES string of the molecule is O=P(O)(Oc1ccc(CSCc2ccc3ccccc3n2)cc1Br)C(F)F. The van der Waals surface area contributed by atoms with Crippen LogP contribution in [-0.2, 0) is 16.1 Å². The molecule has 1 heterocycles. The smallest absolute Gasteiger partial charge is 0.420 e. The molecule has 3 rings (SSSR count). The van der Waals surface area contributed by atoms with E-state index in [0.717, 1.165) is 27.9 Å². The lowest BCUT2D eigenvalue weighted by atomic mass is 10.2. The minimum Gasteiger partial charge on any atom is -0.420 e. The van der Waals surface area contributed by atoms with Crippen molar-refractivity contribution in [1.82, 2.24) is 4.98 Å². The van der Waals surface area contributed by atoms with E-state index in [1.807, 2.05) is 36.4 Å². The van der Waals surface area contributed by atoms with Crippen molar-refractivity contribution in [2.45, 2.75) is 17.7 Å². The molecule has 0 spiro atoms. The van der Waals surface area contributed by atoms with Crippen molar-refractivity contribution in [1.29, 1.82) is 0 Å². The minimum absolute atomic E-state index is 0.0916. The lowest BCUT2D eigenvalue weighted by Gasteiger charge is -2.14.